The Morgan fingerprint density at radius 2 is 1.79 bits per heavy atom. The minimum absolute atomic E-state index is 0.216. The number of rotatable bonds is 5. The third-order valence-electron chi connectivity index (χ3n) is 4.03. The van der Waals surface area contributed by atoms with Crippen LogP contribution in [0.1, 0.15) is 11.3 Å². The predicted molar refractivity (Wildman–Crippen MR) is 97.0 cm³/mol. The van der Waals surface area contributed by atoms with Crippen molar-refractivity contribution in [3.8, 4) is 22.7 Å². The zero-order valence-corrected chi connectivity index (χ0v) is 14.8. The topological polar surface area (TPSA) is 82.2 Å². The quantitative estimate of drug-likeness (QED) is 0.696. The molecule has 0 aliphatic carbocycles. The number of halogens is 3. The van der Waals surface area contributed by atoms with Crippen LogP contribution in [0.2, 0.25) is 0 Å². The Morgan fingerprint density at radius 3 is 2.32 bits per heavy atom. The molecule has 0 aliphatic rings. The molecule has 0 fully saturated rings. The number of aromatic nitrogens is 2. The maximum absolute atomic E-state index is 13.2. The summed E-state index contributed by atoms with van der Waals surface area (Å²) < 4.78 is 46.0. The van der Waals surface area contributed by atoms with Crippen LogP contribution in [0.5, 0.6) is 5.75 Å². The first kappa shape index (κ1) is 19.3. The van der Waals surface area contributed by atoms with Crippen molar-refractivity contribution in [3.63, 3.8) is 0 Å². The SMILES string of the molecule is COc1ccc(-c2cc(C(F)(F)F)nn2-c2ccc(CNC(N)=O)cc2)cc1. The number of nitrogens with one attached hydrogen (secondary N) is 1. The lowest BCUT2D eigenvalue weighted by molar-refractivity contribution is -0.141. The average molecular weight is 390 g/mol. The lowest BCUT2D eigenvalue weighted by Gasteiger charge is -2.09. The average Bonchev–Trinajstić information content (AvgIpc) is 3.13. The van der Waals surface area contributed by atoms with E-state index in [0.29, 0.717) is 17.0 Å². The summed E-state index contributed by atoms with van der Waals surface area (Å²) >= 11 is 0. The number of urea groups is 1. The summed E-state index contributed by atoms with van der Waals surface area (Å²) in [5.74, 6) is 0.595. The first-order chi connectivity index (χ1) is 13.3. The molecule has 0 unspecified atom stereocenters. The molecule has 0 saturated heterocycles. The number of nitrogens with two attached hydrogens (primary N) is 1. The Morgan fingerprint density at radius 1 is 1.14 bits per heavy atom. The Kier molecular flexibility index (Phi) is 5.25. The number of amides is 2. The second kappa shape index (κ2) is 7.63. The van der Waals surface area contributed by atoms with E-state index in [-0.39, 0.29) is 12.2 Å². The highest BCUT2D eigenvalue weighted by molar-refractivity contribution is 5.71. The monoisotopic (exact) mass is 390 g/mol. The molecule has 0 aliphatic heterocycles. The number of hydrogen-bond acceptors (Lipinski definition) is 3. The van der Waals surface area contributed by atoms with E-state index in [0.717, 1.165) is 11.6 Å². The van der Waals surface area contributed by atoms with Crippen molar-refractivity contribution in [2.45, 2.75) is 12.7 Å². The molecule has 9 heteroatoms. The Bertz CT molecular complexity index is 964. The normalized spacial score (nSPS) is 11.3. The summed E-state index contributed by atoms with van der Waals surface area (Å²) in [5.41, 5.74) is 6.09. The summed E-state index contributed by atoms with van der Waals surface area (Å²) in [6.45, 7) is 0.216. The van der Waals surface area contributed by atoms with Gasteiger partial charge in [-0.2, -0.15) is 18.3 Å². The highest BCUT2D eigenvalue weighted by Crippen LogP contribution is 2.33. The fraction of sp³-hybridized carbons (Fsp3) is 0.158. The van der Waals surface area contributed by atoms with Crippen molar-refractivity contribution in [2.24, 2.45) is 5.73 Å². The molecule has 1 aromatic heterocycles. The van der Waals surface area contributed by atoms with Crippen LogP contribution in [0.25, 0.3) is 16.9 Å². The molecule has 0 bridgehead atoms. The Labute approximate surface area is 158 Å². The van der Waals surface area contributed by atoms with Crippen LogP contribution in [0.15, 0.2) is 54.6 Å². The van der Waals surface area contributed by atoms with Crippen molar-refractivity contribution in [1.29, 1.82) is 0 Å². The Hall–Kier alpha value is -3.49. The maximum Gasteiger partial charge on any atom is 0.435 e. The van der Waals surface area contributed by atoms with E-state index in [9.17, 15) is 18.0 Å². The van der Waals surface area contributed by atoms with Gasteiger partial charge in [-0.15, -0.1) is 0 Å². The van der Waals surface area contributed by atoms with E-state index in [1.54, 1.807) is 48.5 Å². The maximum atomic E-state index is 13.2. The molecule has 0 atom stereocenters. The van der Waals surface area contributed by atoms with Gasteiger partial charge in [-0.25, -0.2) is 9.48 Å². The molecule has 1 heterocycles. The number of carbonyl (C=O) groups is 1. The number of benzene rings is 2. The molecule has 3 aromatic rings. The van der Waals surface area contributed by atoms with Crippen LogP contribution >= 0.6 is 0 Å². The molecule has 2 amide bonds. The molecule has 0 radical (unpaired) electrons. The fourth-order valence-electron chi connectivity index (χ4n) is 2.63. The standard InChI is InChI=1S/C19H17F3N4O2/c1-28-15-8-4-13(5-9-15)16-10-17(19(20,21)22)25-26(16)14-6-2-12(3-7-14)11-24-18(23)27/h2-10H,11H2,1H3,(H3,23,24,27). The van der Waals surface area contributed by atoms with Crippen molar-refractivity contribution >= 4 is 6.03 Å². The molecule has 0 saturated carbocycles. The molecule has 2 aromatic carbocycles. The predicted octanol–water partition coefficient (Wildman–Crippen LogP) is 3.74. The molecule has 3 N–H and O–H groups in total. The summed E-state index contributed by atoms with van der Waals surface area (Å²) in [6, 6.07) is 13.6. The third-order valence-corrected chi connectivity index (χ3v) is 4.03. The molecule has 6 nitrogen and oxygen atoms in total. The smallest absolute Gasteiger partial charge is 0.435 e. The van der Waals surface area contributed by atoms with Gasteiger partial charge in [0.05, 0.1) is 18.5 Å². The van der Waals surface area contributed by atoms with E-state index in [4.69, 9.17) is 10.5 Å². The van der Waals surface area contributed by atoms with Gasteiger partial charge in [0.15, 0.2) is 5.69 Å². The largest absolute Gasteiger partial charge is 0.497 e. The fourth-order valence-corrected chi connectivity index (χ4v) is 2.63. The lowest BCUT2D eigenvalue weighted by Crippen LogP contribution is -2.28. The molecular weight excluding hydrogens is 373 g/mol. The number of ether oxygens (including phenoxy) is 1. The van der Waals surface area contributed by atoms with E-state index >= 15 is 0 Å². The minimum Gasteiger partial charge on any atom is -0.497 e. The van der Waals surface area contributed by atoms with Gasteiger partial charge in [-0.1, -0.05) is 12.1 Å². The number of nitrogens with zero attached hydrogens (tertiary/aromatic N) is 2. The molecule has 0 spiro atoms. The van der Waals surface area contributed by atoms with Crippen LogP contribution in [0, 0.1) is 0 Å². The summed E-state index contributed by atoms with van der Waals surface area (Å²) in [7, 11) is 1.51. The number of methoxy groups -OCH3 is 1. The highest BCUT2D eigenvalue weighted by Gasteiger charge is 2.35. The van der Waals surface area contributed by atoms with E-state index in [2.05, 4.69) is 10.4 Å². The van der Waals surface area contributed by atoms with Gasteiger partial charge in [-0.3, -0.25) is 0 Å². The summed E-state index contributed by atoms with van der Waals surface area (Å²) in [5, 5.41) is 6.19. The second-order valence-electron chi connectivity index (χ2n) is 5.94. The first-order valence-corrected chi connectivity index (χ1v) is 8.22. The van der Waals surface area contributed by atoms with E-state index in [1.165, 1.54) is 11.8 Å². The number of hydrogen-bond donors (Lipinski definition) is 2. The molecule has 146 valence electrons. The summed E-state index contributed by atoms with van der Waals surface area (Å²) in [6.07, 6.45) is -4.57. The van der Waals surface area contributed by atoms with Crippen molar-refractivity contribution in [2.75, 3.05) is 7.11 Å². The molecule has 28 heavy (non-hydrogen) atoms. The van der Waals surface area contributed by atoms with Gasteiger partial charge in [0.25, 0.3) is 0 Å². The zero-order valence-electron chi connectivity index (χ0n) is 14.8. The van der Waals surface area contributed by atoms with Crippen molar-refractivity contribution in [3.05, 3.63) is 65.9 Å². The molecule has 3 rings (SSSR count). The number of primary amides is 1. The van der Waals surface area contributed by atoms with Gasteiger partial charge in [0.1, 0.15) is 5.75 Å². The van der Waals surface area contributed by atoms with E-state index in [1.807, 2.05) is 0 Å². The van der Waals surface area contributed by atoms with Crippen molar-refractivity contribution in [1.82, 2.24) is 15.1 Å². The number of alkyl halides is 3. The van der Waals surface area contributed by atoms with Crippen LogP contribution < -0.4 is 15.8 Å². The first-order valence-electron chi connectivity index (χ1n) is 8.22. The Balaban J connectivity index is 2.01. The van der Waals surface area contributed by atoms with Crippen LogP contribution in [0.3, 0.4) is 0 Å². The summed E-state index contributed by atoms with van der Waals surface area (Å²) in [4.78, 5) is 10.8. The van der Waals surface area contributed by atoms with Gasteiger partial charge in [0.2, 0.25) is 0 Å². The van der Waals surface area contributed by atoms with Crippen LogP contribution in [0.4, 0.5) is 18.0 Å². The van der Waals surface area contributed by atoms with Crippen LogP contribution in [-0.2, 0) is 12.7 Å². The zero-order chi connectivity index (χ0) is 20.3. The van der Waals surface area contributed by atoms with E-state index < -0.39 is 17.9 Å². The van der Waals surface area contributed by atoms with Crippen molar-refractivity contribution < 1.29 is 22.7 Å². The molecular formula is C19H17F3N4O2. The van der Waals surface area contributed by atoms with Gasteiger partial charge >= 0.3 is 12.2 Å². The van der Waals surface area contributed by atoms with Gasteiger partial charge < -0.3 is 15.8 Å². The third kappa shape index (κ3) is 4.25. The van der Waals surface area contributed by atoms with Crippen LogP contribution in [-0.4, -0.2) is 22.9 Å². The van der Waals surface area contributed by atoms with Gasteiger partial charge in [0, 0.05) is 12.1 Å². The number of carbonyl (C=O) groups excluding carboxylic acids is 1. The highest BCUT2D eigenvalue weighted by atomic mass is 19.4. The lowest BCUT2D eigenvalue weighted by atomic mass is 10.1. The minimum atomic E-state index is -4.57. The van der Waals surface area contributed by atoms with Gasteiger partial charge in [-0.05, 0) is 48.0 Å². The second-order valence-corrected chi connectivity index (χ2v) is 5.94.